The first kappa shape index (κ1) is 23.5. The van der Waals surface area contributed by atoms with Crippen molar-refractivity contribution in [2.45, 2.75) is 38.6 Å². The number of nitrogens with one attached hydrogen (secondary N) is 1. The molecule has 1 amide bonds. The van der Waals surface area contributed by atoms with Crippen LogP contribution in [-0.2, 0) is 4.79 Å². The predicted octanol–water partition coefficient (Wildman–Crippen LogP) is 2.95. The summed E-state index contributed by atoms with van der Waals surface area (Å²) >= 11 is 2.19. The standard InChI is InChI=1S/C21H29IN6O3/c1-12(2)14-8-17(30-3)15(22)9-16(14)31-18-10-25-21(27-20(18)24)26-19(29)11-28-6-4-13(23)5-7-28/h8-10,12-13H,4-7,11,23H2,1-3H3,(H3,24,25,26,27,29). The number of nitrogen functional groups attached to an aromatic ring is 1. The molecule has 1 aliphatic heterocycles. The zero-order valence-electron chi connectivity index (χ0n) is 18.0. The van der Waals surface area contributed by atoms with Crippen LogP contribution in [0, 0.1) is 3.57 Å². The number of carbonyl (C=O) groups is 1. The van der Waals surface area contributed by atoms with Gasteiger partial charge in [-0.3, -0.25) is 15.0 Å². The molecule has 0 atom stereocenters. The molecule has 2 heterocycles. The number of nitrogens with two attached hydrogens (primary N) is 2. The van der Waals surface area contributed by atoms with E-state index in [0.29, 0.717) is 11.5 Å². The quantitative estimate of drug-likeness (QED) is 0.458. The number of nitrogens with zero attached hydrogens (tertiary/aromatic N) is 3. The summed E-state index contributed by atoms with van der Waals surface area (Å²) in [5.41, 5.74) is 13.0. The van der Waals surface area contributed by atoms with Crippen molar-refractivity contribution in [3.63, 3.8) is 0 Å². The molecule has 10 heteroatoms. The van der Waals surface area contributed by atoms with Crippen molar-refractivity contribution in [3.05, 3.63) is 27.5 Å². The van der Waals surface area contributed by atoms with E-state index < -0.39 is 0 Å². The summed E-state index contributed by atoms with van der Waals surface area (Å²) in [6, 6.07) is 4.08. The Labute approximate surface area is 196 Å². The molecule has 5 N–H and O–H groups in total. The molecule has 0 saturated carbocycles. The summed E-state index contributed by atoms with van der Waals surface area (Å²) in [5, 5.41) is 2.70. The molecular weight excluding hydrogens is 511 g/mol. The second-order valence-electron chi connectivity index (χ2n) is 7.89. The van der Waals surface area contributed by atoms with Gasteiger partial charge in [0.2, 0.25) is 11.9 Å². The van der Waals surface area contributed by atoms with Crippen LogP contribution in [0.15, 0.2) is 18.3 Å². The lowest BCUT2D eigenvalue weighted by Gasteiger charge is -2.29. The highest BCUT2D eigenvalue weighted by atomic mass is 127. The third-order valence-electron chi connectivity index (χ3n) is 5.16. The summed E-state index contributed by atoms with van der Waals surface area (Å²) in [4.78, 5) is 22.8. The van der Waals surface area contributed by atoms with Crippen LogP contribution >= 0.6 is 22.6 Å². The number of ether oxygens (including phenoxy) is 2. The Hall–Kier alpha value is -2.18. The molecule has 1 aromatic carbocycles. The molecular formula is C21H29IN6O3. The number of halogens is 1. The number of hydrogen-bond donors (Lipinski definition) is 3. The largest absolute Gasteiger partial charge is 0.496 e. The fraction of sp³-hybridized carbons (Fsp3) is 0.476. The number of benzene rings is 1. The molecule has 3 rings (SSSR count). The Morgan fingerprint density at radius 2 is 2.00 bits per heavy atom. The minimum Gasteiger partial charge on any atom is -0.496 e. The Morgan fingerprint density at radius 3 is 2.61 bits per heavy atom. The van der Waals surface area contributed by atoms with E-state index in [1.807, 2.05) is 12.1 Å². The minimum atomic E-state index is -0.185. The molecule has 31 heavy (non-hydrogen) atoms. The molecule has 0 aliphatic carbocycles. The van der Waals surface area contributed by atoms with Gasteiger partial charge < -0.3 is 20.9 Å². The Bertz CT molecular complexity index is 932. The average molecular weight is 540 g/mol. The van der Waals surface area contributed by atoms with E-state index in [1.54, 1.807) is 7.11 Å². The van der Waals surface area contributed by atoms with Gasteiger partial charge in [-0.1, -0.05) is 13.8 Å². The number of carbonyl (C=O) groups excluding carboxylic acids is 1. The van der Waals surface area contributed by atoms with Crippen molar-refractivity contribution < 1.29 is 14.3 Å². The normalized spacial score (nSPS) is 15.2. The first-order valence-electron chi connectivity index (χ1n) is 10.2. The summed E-state index contributed by atoms with van der Waals surface area (Å²) < 4.78 is 12.4. The first-order valence-corrected chi connectivity index (χ1v) is 11.3. The van der Waals surface area contributed by atoms with Crippen LogP contribution in [0.2, 0.25) is 0 Å². The first-order chi connectivity index (χ1) is 14.8. The van der Waals surface area contributed by atoms with E-state index in [2.05, 4.69) is 56.6 Å². The summed E-state index contributed by atoms with van der Waals surface area (Å²) in [7, 11) is 1.64. The highest BCUT2D eigenvalue weighted by Crippen LogP contribution is 2.37. The number of anilines is 2. The molecule has 0 unspecified atom stereocenters. The Balaban J connectivity index is 1.68. The van der Waals surface area contributed by atoms with E-state index in [0.717, 1.165) is 40.8 Å². The topological polar surface area (TPSA) is 129 Å². The van der Waals surface area contributed by atoms with Gasteiger partial charge in [-0.25, -0.2) is 4.98 Å². The second-order valence-corrected chi connectivity index (χ2v) is 9.05. The van der Waals surface area contributed by atoms with Crippen LogP contribution in [0.3, 0.4) is 0 Å². The highest BCUT2D eigenvalue weighted by Gasteiger charge is 2.19. The predicted molar refractivity (Wildman–Crippen MR) is 129 cm³/mol. The van der Waals surface area contributed by atoms with E-state index >= 15 is 0 Å². The van der Waals surface area contributed by atoms with Crippen LogP contribution in [0.4, 0.5) is 11.8 Å². The molecule has 1 fully saturated rings. The maximum Gasteiger partial charge on any atom is 0.240 e. The maximum absolute atomic E-state index is 12.3. The zero-order valence-corrected chi connectivity index (χ0v) is 20.2. The SMILES string of the molecule is COc1cc(C(C)C)c(Oc2cnc(NC(=O)CN3CCC(N)CC3)nc2N)cc1I. The van der Waals surface area contributed by atoms with Crippen LogP contribution in [0.25, 0.3) is 0 Å². The van der Waals surface area contributed by atoms with Gasteiger partial charge in [0.25, 0.3) is 0 Å². The van der Waals surface area contributed by atoms with Crippen LogP contribution in [-0.4, -0.2) is 53.6 Å². The van der Waals surface area contributed by atoms with Crippen LogP contribution in [0.1, 0.15) is 38.2 Å². The van der Waals surface area contributed by atoms with E-state index in [1.165, 1.54) is 6.20 Å². The van der Waals surface area contributed by atoms with Gasteiger partial charge in [-0.15, -0.1) is 0 Å². The highest BCUT2D eigenvalue weighted by molar-refractivity contribution is 14.1. The lowest BCUT2D eigenvalue weighted by molar-refractivity contribution is -0.117. The van der Waals surface area contributed by atoms with Crippen LogP contribution < -0.4 is 26.3 Å². The Morgan fingerprint density at radius 1 is 1.29 bits per heavy atom. The number of amides is 1. The molecule has 0 spiro atoms. The summed E-state index contributed by atoms with van der Waals surface area (Å²) in [5.74, 6) is 2.10. The number of rotatable bonds is 7. The van der Waals surface area contributed by atoms with Gasteiger partial charge in [-0.2, -0.15) is 4.98 Å². The monoisotopic (exact) mass is 540 g/mol. The molecule has 1 aromatic heterocycles. The van der Waals surface area contributed by atoms with Crippen molar-refractivity contribution >= 4 is 40.3 Å². The van der Waals surface area contributed by atoms with Gasteiger partial charge in [0.1, 0.15) is 11.5 Å². The van der Waals surface area contributed by atoms with Crippen molar-refractivity contribution in [2.24, 2.45) is 5.73 Å². The third-order valence-corrected chi connectivity index (χ3v) is 6.00. The molecule has 0 bridgehead atoms. The molecule has 1 aliphatic rings. The Kier molecular flexibility index (Phi) is 7.89. The second kappa shape index (κ2) is 10.4. The van der Waals surface area contributed by atoms with E-state index in [9.17, 15) is 4.79 Å². The van der Waals surface area contributed by atoms with Crippen LogP contribution in [0.5, 0.6) is 17.2 Å². The molecule has 0 radical (unpaired) electrons. The lowest BCUT2D eigenvalue weighted by atomic mass is 10.0. The number of aromatic nitrogens is 2. The van der Waals surface area contributed by atoms with Crippen molar-refractivity contribution in [1.29, 1.82) is 0 Å². The number of hydrogen-bond acceptors (Lipinski definition) is 8. The average Bonchev–Trinajstić information content (AvgIpc) is 2.71. The molecule has 168 valence electrons. The van der Waals surface area contributed by atoms with Gasteiger partial charge >= 0.3 is 0 Å². The van der Waals surface area contributed by atoms with Crippen molar-refractivity contribution in [2.75, 3.05) is 37.8 Å². The van der Waals surface area contributed by atoms with Gasteiger partial charge in [-0.05, 0) is 53.5 Å². The van der Waals surface area contributed by atoms with Gasteiger partial charge in [0.05, 0.1) is 23.4 Å². The van der Waals surface area contributed by atoms with E-state index in [-0.39, 0.29) is 36.2 Å². The summed E-state index contributed by atoms with van der Waals surface area (Å²) in [6.07, 6.45) is 3.26. The number of piperidine rings is 1. The molecule has 1 saturated heterocycles. The number of methoxy groups -OCH3 is 1. The fourth-order valence-corrected chi connectivity index (χ4v) is 4.03. The van der Waals surface area contributed by atoms with E-state index in [4.69, 9.17) is 20.9 Å². The number of likely N-dealkylation sites (tertiary alicyclic amines) is 1. The van der Waals surface area contributed by atoms with Crippen molar-refractivity contribution in [3.8, 4) is 17.2 Å². The fourth-order valence-electron chi connectivity index (χ4n) is 3.37. The summed E-state index contributed by atoms with van der Waals surface area (Å²) in [6.45, 7) is 6.04. The third kappa shape index (κ3) is 6.17. The maximum atomic E-state index is 12.3. The lowest BCUT2D eigenvalue weighted by Crippen LogP contribution is -2.43. The van der Waals surface area contributed by atoms with Gasteiger partial charge in [0, 0.05) is 24.7 Å². The molecule has 2 aromatic rings. The smallest absolute Gasteiger partial charge is 0.240 e. The van der Waals surface area contributed by atoms with Crippen molar-refractivity contribution in [1.82, 2.24) is 14.9 Å². The zero-order chi connectivity index (χ0) is 22.5. The molecule has 9 nitrogen and oxygen atoms in total. The van der Waals surface area contributed by atoms with Gasteiger partial charge in [0.15, 0.2) is 11.6 Å². The minimum absolute atomic E-state index is 0.148.